The zero-order chi connectivity index (χ0) is 13.7. The third-order valence-corrected chi connectivity index (χ3v) is 2.33. The molecule has 2 aromatic rings. The van der Waals surface area contributed by atoms with Gasteiger partial charge in [-0.2, -0.15) is 4.98 Å². The molecule has 0 bridgehead atoms. The average molecular weight is 262 g/mol. The molecule has 100 valence electrons. The molecule has 0 spiro atoms. The van der Waals surface area contributed by atoms with Crippen molar-refractivity contribution in [2.45, 2.75) is 13.3 Å². The number of nitrogens with two attached hydrogens (primary N) is 1. The van der Waals surface area contributed by atoms with Crippen molar-refractivity contribution in [2.75, 3.05) is 17.6 Å². The van der Waals surface area contributed by atoms with Gasteiger partial charge in [-0.15, -0.1) is 0 Å². The second-order valence-electron chi connectivity index (χ2n) is 3.94. The van der Waals surface area contributed by atoms with E-state index >= 15 is 0 Å². The molecule has 1 aromatic heterocycles. The maximum absolute atomic E-state index is 13.6. The van der Waals surface area contributed by atoms with Gasteiger partial charge < -0.3 is 15.8 Å². The topological polar surface area (TPSA) is 73.1 Å². The van der Waals surface area contributed by atoms with E-state index in [0.29, 0.717) is 11.6 Å². The second-order valence-corrected chi connectivity index (χ2v) is 3.94. The molecule has 0 amide bonds. The molecule has 0 saturated heterocycles. The minimum absolute atomic E-state index is 0.0781. The molecule has 0 aliphatic rings. The van der Waals surface area contributed by atoms with E-state index in [0.717, 1.165) is 13.0 Å². The molecule has 0 aliphatic carbocycles. The molecule has 0 aliphatic heterocycles. The van der Waals surface area contributed by atoms with Crippen LogP contribution >= 0.6 is 0 Å². The van der Waals surface area contributed by atoms with Crippen LogP contribution in [0.4, 0.5) is 16.0 Å². The molecular weight excluding hydrogens is 247 g/mol. The Bertz CT molecular complexity index is 562. The normalized spacial score (nSPS) is 10.2. The number of aromatic nitrogens is 2. The summed E-state index contributed by atoms with van der Waals surface area (Å²) in [5, 5.41) is 3.03. The largest absolute Gasteiger partial charge is 0.436 e. The average Bonchev–Trinajstić information content (AvgIpc) is 2.40. The highest BCUT2D eigenvalue weighted by Crippen LogP contribution is 2.24. The number of hydrogen-bond acceptors (Lipinski definition) is 5. The lowest BCUT2D eigenvalue weighted by atomic mass is 10.3. The van der Waals surface area contributed by atoms with Crippen LogP contribution in [-0.4, -0.2) is 16.5 Å². The van der Waals surface area contributed by atoms with Gasteiger partial charge in [-0.1, -0.05) is 6.92 Å². The Morgan fingerprint density at radius 1 is 1.37 bits per heavy atom. The van der Waals surface area contributed by atoms with E-state index in [2.05, 4.69) is 15.3 Å². The van der Waals surface area contributed by atoms with Crippen LogP contribution in [-0.2, 0) is 0 Å². The number of rotatable bonds is 5. The number of halogens is 1. The highest BCUT2D eigenvalue weighted by molar-refractivity contribution is 5.44. The third kappa shape index (κ3) is 3.54. The first kappa shape index (κ1) is 13.1. The van der Waals surface area contributed by atoms with Gasteiger partial charge in [-0.05, 0) is 18.6 Å². The lowest BCUT2D eigenvalue weighted by Crippen LogP contribution is -2.04. The molecule has 1 heterocycles. The Morgan fingerprint density at radius 2 is 2.21 bits per heavy atom. The number of nitrogens with zero attached hydrogens (tertiary/aromatic N) is 2. The van der Waals surface area contributed by atoms with E-state index in [-0.39, 0.29) is 11.6 Å². The summed E-state index contributed by atoms with van der Waals surface area (Å²) < 4.78 is 18.9. The number of nitrogens with one attached hydrogen (secondary N) is 1. The zero-order valence-electron chi connectivity index (χ0n) is 10.6. The Morgan fingerprint density at radius 3 is 2.95 bits per heavy atom. The van der Waals surface area contributed by atoms with Gasteiger partial charge in [0, 0.05) is 30.6 Å². The van der Waals surface area contributed by atoms with Crippen LogP contribution < -0.4 is 15.8 Å². The van der Waals surface area contributed by atoms with Gasteiger partial charge in [0.1, 0.15) is 0 Å². The van der Waals surface area contributed by atoms with Gasteiger partial charge in [-0.25, -0.2) is 9.37 Å². The Labute approximate surface area is 110 Å². The summed E-state index contributed by atoms with van der Waals surface area (Å²) >= 11 is 0. The molecule has 0 saturated carbocycles. The predicted octanol–water partition coefficient (Wildman–Crippen LogP) is 2.81. The predicted molar refractivity (Wildman–Crippen MR) is 71.7 cm³/mol. The maximum atomic E-state index is 13.6. The fraction of sp³-hybridized carbons (Fsp3) is 0.231. The Balaban J connectivity index is 2.14. The van der Waals surface area contributed by atoms with Gasteiger partial charge in [0.2, 0.25) is 11.8 Å². The van der Waals surface area contributed by atoms with Crippen LogP contribution in [0.3, 0.4) is 0 Å². The molecule has 1 aromatic carbocycles. The lowest BCUT2D eigenvalue weighted by Gasteiger charge is -2.08. The highest BCUT2D eigenvalue weighted by Gasteiger charge is 2.07. The van der Waals surface area contributed by atoms with Crippen molar-refractivity contribution in [3.8, 4) is 11.6 Å². The SMILES string of the molecule is CCCNc1nccc(Oc2ccc(N)cc2F)n1. The first-order valence-electron chi connectivity index (χ1n) is 5.99. The van der Waals surface area contributed by atoms with E-state index in [1.807, 2.05) is 6.92 Å². The summed E-state index contributed by atoms with van der Waals surface area (Å²) in [5.41, 5.74) is 5.81. The summed E-state index contributed by atoms with van der Waals surface area (Å²) in [7, 11) is 0. The summed E-state index contributed by atoms with van der Waals surface area (Å²) in [6.45, 7) is 2.80. The quantitative estimate of drug-likeness (QED) is 0.810. The van der Waals surface area contributed by atoms with Gasteiger partial charge >= 0.3 is 0 Å². The second kappa shape index (κ2) is 5.99. The van der Waals surface area contributed by atoms with E-state index in [1.54, 1.807) is 18.3 Å². The highest BCUT2D eigenvalue weighted by atomic mass is 19.1. The molecule has 0 unspecified atom stereocenters. The zero-order valence-corrected chi connectivity index (χ0v) is 10.6. The van der Waals surface area contributed by atoms with Crippen LogP contribution in [0.1, 0.15) is 13.3 Å². The summed E-state index contributed by atoms with van der Waals surface area (Å²) in [4.78, 5) is 8.17. The van der Waals surface area contributed by atoms with Crippen LogP contribution in [0.5, 0.6) is 11.6 Å². The van der Waals surface area contributed by atoms with E-state index in [9.17, 15) is 4.39 Å². The maximum Gasteiger partial charge on any atom is 0.225 e. The number of hydrogen-bond donors (Lipinski definition) is 2. The Hall–Kier alpha value is -2.37. The van der Waals surface area contributed by atoms with Crippen molar-refractivity contribution >= 4 is 11.6 Å². The smallest absolute Gasteiger partial charge is 0.225 e. The van der Waals surface area contributed by atoms with Crippen LogP contribution in [0.2, 0.25) is 0 Å². The molecule has 2 rings (SSSR count). The van der Waals surface area contributed by atoms with Crippen LogP contribution in [0, 0.1) is 5.82 Å². The molecule has 0 fully saturated rings. The molecule has 19 heavy (non-hydrogen) atoms. The fourth-order valence-corrected chi connectivity index (χ4v) is 1.43. The van der Waals surface area contributed by atoms with E-state index in [1.165, 1.54) is 12.1 Å². The van der Waals surface area contributed by atoms with Crippen molar-refractivity contribution in [2.24, 2.45) is 0 Å². The summed E-state index contributed by atoms with van der Waals surface area (Å²) in [6, 6.07) is 5.79. The van der Waals surface area contributed by atoms with Crippen LogP contribution in [0.25, 0.3) is 0 Å². The summed E-state index contributed by atoms with van der Waals surface area (Å²) in [6.07, 6.45) is 2.51. The minimum atomic E-state index is -0.526. The number of anilines is 2. The van der Waals surface area contributed by atoms with Crippen molar-refractivity contribution in [3.63, 3.8) is 0 Å². The molecule has 6 heteroatoms. The van der Waals surface area contributed by atoms with Crippen molar-refractivity contribution in [1.29, 1.82) is 0 Å². The standard InChI is InChI=1S/C13H15FN4O/c1-2-6-16-13-17-7-5-12(18-13)19-11-4-3-9(15)8-10(11)14/h3-5,7-8H,2,6,15H2,1H3,(H,16,17,18). The van der Waals surface area contributed by atoms with Crippen molar-refractivity contribution < 1.29 is 9.13 Å². The minimum Gasteiger partial charge on any atom is -0.436 e. The number of benzene rings is 1. The lowest BCUT2D eigenvalue weighted by molar-refractivity contribution is 0.427. The van der Waals surface area contributed by atoms with Gasteiger partial charge in [0.25, 0.3) is 0 Å². The van der Waals surface area contributed by atoms with Crippen molar-refractivity contribution in [1.82, 2.24) is 9.97 Å². The molecular formula is C13H15FN4O. The molecule has 0 radical (unpaired) electrons. The van der Waals surface area contributed by atoms with Gasteiger partial charge in [-0.3, -0.25) is 0 Å². The molecule has 0 atom stereocenters. The first-order valence-corrected chi connectivity index (χ1v) is 5.99. The summed E-state index contributed by atoms with van der Waals surface area (Å²) in [5.74, 6) is 0.281. The third-order valence-electron chi connectivity index (χ3n) is 2.33. The van der Waals surface area contributed by atoms with E-state index in [4.69, 9.17) is 10.5 Å². The van der Waals surface area contributed by atoms with Gasteiger partial charge in [0.15, 0.2) is 11.6 Å². The number of ether oxygens (including phenoxy) is 1. The Kier molecular flexibility index (Phi) is 4.12. The molecule has 5 nitrogen and oxygen atoms in total. The van der Waals surface area contributed by atoms with Crippen LogP contribution in [0.15, 0.2) is 30.5 Å². The number of nitrogen functional groups attached to an aromatic ring is 1. The monoisotopic (exact) mass is 262 g/mol. The van der Waals surface area contributed by atoms with Gasteiger partial charge in [0.05, 0.1) is 0 Å². The fourth-order valence-electron chi connectivity index (χ4n) is 1.43. The van der Waals surface area contributed by atoms with E-state index < -0.39 is 5.82 Å². The first-order chi connectivity index (χ1) is 9.19. The van der Waals surface area contributed by atoms with Crippen molar-refractivity contribution in [3.05, 3.63) is 36.3 Å². The molecule has 3 N–H and O–H groups in total.